The molecule has 0 fully saturated rings. The molecule has 6 nitrogen and oxygen atoms in total. The number of rotatable bonds is 7. The fourth-order valence-electron chi connectivity index (χ4n) is 2.56. The number of anilines is 1. The van der Waals surface area contributed by atoms with Crippen LogP contribution in [-0.4, -0.2) is 34.8 Å². The Morgan fingerprint density at radius 1 is 1.21 bits per heavy atom. The SMILES string of the molecule is CCCN(CC(=O)Nc1ccc(F)c(F)c1F)C(=O)c1csc(-c2ccco2)n1. The fourth-order valence-corrected chi connectivity index (χ4v) is 3.32. The zero-order valence-corrected chi connectivity index (χ0v) is 16.1. The molecular weight excluding hydrogens is 407 g/mol. The number of halogens is 3. The Labute approximate surface area is 168 Å². The molecule has 2 aromatic heterocycles. The number of carbonyl (C=O) groups is 2. The molecule has 0 aliphatic carbocycles. The second-order valence-corrected chi connectivity index (χ2v) is 6.87. The lowest BCUT2D eigenvalue weighted by Crippen LogP contribution is -2.38. The van der Waals surface area contributed by atoms with Crippen LogP contribution in [0.5, 0.6) is 0 Å². The standard InChI is InChI=1S/C19H16F3N3O3S/c1-2-7-25(9-15(26)23-12-6-5-11(20)16(21)17(12)22)19(27)13-10-29-18(24-13)14-4-3-8-28-14/h3-6,8,10H,2,7,9H2,1H3,(H,23,26). The third kappa shape index (κ3) is 4.65. The van der Waals surface area contributed by atoms with Crippen molar-refractivity contribution in [2.24, 2.45) is 0 Å². The van der Waals surface area contributed by atoms with Crippen LogP contribution < -0.4 is 5.32 Å². The van der Waals surface area contributed by atoms with Crippen LogP contribution in [0.2, 0.25) is 0 Å². The number of amides is 2. The van der Waals surface area contributed by atoms with E-state index >= 15 is 0 Å². The first kappa shape index (κ1) is 20.6. The Morgan fingerprint density at radius 3 is 2.69 bits per heavy atom. The second-order valence-electron chi connectivity index (χ2n) is 6.01. The topological polar surface area (TPSA) is 75.4 Å². The van der Waals surface area contributed by atoms with Gasteiger partial charge in [0.05, 0.1) is 12.0 Å². The maximum Gasteiger partial charge on any atom is 0.273 e. The van der Waals surface area contributed by atoms with E-state index in [0.717, 1.165) is 6.07 Å². The fraction of sp³-hybridized carbons (Fsp3) is 0.211. The largest absolute Gasteiger partial charge is 0.462 e. The number of aromatic nitrogens is 1. The highest BCUT2D eigenvalue weighted by atomic mass is 32.1. The van der Waals surface area contributed by atoms with E-state index in [1.54, 1.807) is 17.5 Å². The van der Waals surface area contributed by atoms with Crippen LogP contribution in [0.1, 0.15) is 23.8 Å². The maximum absolute atomic E-state index is 13.7. The quantitative estimate of drug-likeness (QED) is 0.575. The number of thiazole rings is 1. The minimum atomic E-state index is -1.68. The van der Waals surface area contributed by atoms with Gasteiger partial charge in [-0.3, -0.25) is 9.59 Å². The predicted molar refractivity (Wildman–Crippen MR) is 101 cm³/mol. The summed E-state index contributed by atoms with van der Waals surface area (Å²) in [4.78, 5) is 30.5. The summed E-state index contributed by atoms with van der Waals surface area (Å²) in [5.74, 6) is -5.27. The minimum absolute atomic E-state index is 0.140. The molecule has 1 N–H and O–H groups in total. The summed E-state index contributed by atoms with van der Waals surface area (Å²) in [5.41, 5.74) is -0.367. The summed E-state index contributed by atoms with van der Waals surface area (Å²) in [7, 11) is 0. The number of furan rings is 1. The van der Waals surface area contributed by atoms with Crippen LogP contribution in [0.3, 0.4) is 0 Å². The van der Waals surface area contributed by atoms with Crippen LogP contribution in [0, 0.1) is 17.5 Å². The average Bonchev–Trinajstić information content (AvgIpc) is 3.39. The molecule has 2 heterocycles. The van der Waals surface area contributed by atoms with Gasteiger partial charge in [-0.15, -0.1) is 11.3 Å². The molecule has 0 saturated heterocycles. The first-order valence-corrected chi connectivity index (χ1v) is 9.50. The molecule has 0 unspecified atom stereocenters. The predicted octanol–water partition coefficient (Wildman–Crippen LogP) is 4.31. The first-order chi connectivity index (χ1) is 13.9. The molecule has 3 rings (SSSR count). The molecule has 0 atom stereocenters. The van der Waals surface area contributed by atoms with Crippen LogP contribution in [0.25, 0.3) is 10.8 Å². The molecule has 0 aliphatic heterocycles. The highest BCUT2D eigenvalue weighted by Gasteiger charge is 2.23. The lowest BCUT2D eigenvalue weighted by Gasteiger charge is -2.20. The van der Waals surface area contributed by atoms with Gasteiger partial charge in [0.1, 0.15) is 12.2 Å². The summed E-state index contributed by atoms with van der Waals surface area (Å²) >= 11 is 1.22. The molecule has 2 amide bonds. The minimum Gasteiger partial charge on any atom is -0.462 e. The lowest BCUT2D eigenvalue weighted by atomic mass is 10.2. The van der Waals surface area contributed by atoms with Gasteiger partial charge in [-0.25, -0.2) is 18.2 Å². The molecule has 0 aliphatic rings. The Balaban J connectivity index is 1.72. The smallest absolute Gasteiger partial charge is 0.273 e. The third-order valence-corrected chi connectivity index (χ3v) is 4.74. The maximum atomic E-state index is 13.7. The Hall–Kier alpha value is -3.14. The van der Waals surface area contributed by atoms with Crippen LogP contribution in [0.4, 0.5) is 18.9 Å². The normalized spacial score (nSPS) is 10.8. The van der Waals surface area contributed by atoms with E-state index in [0.29, 0.717) is 23.3 Å². The number of nitrogens with zero attached hydrogens (tertiary/aromatic N) is 2. The van der Waals surface area contributed by atoms with Gasteiger partial charge in [-0.05, 0) is 30.7 Å². The molecule has 0 bridgehead atoms. The molecule has 0 radical (unpaired) electrons. The van der Waals surface area contributed by atoms with Crippen LogP contribution in [-0.2, 0) is 4.79 Å². The van der Waals surface area contributed by atoms with Crippen molar-refractivity contribution < 1.29 is 27.2 Å². The van der Waals surface area contributed by atoms with E-state index in [1.807, 2.05) is 6.92 Å². The van der Waals surface area contributed by atoms with Crippen molar-refractivity contribution in [3.05, 3.63) is 59.1 Å². The highest BCUT2D eigenvalue weighted by molar-refractivity contribution is 7.13. The van der Waals surface area contributed by atoms with Gasteiger partial charge in [0.25, 0.3) is 5.91 Å². The molecule has 10 heteroatoms. The summed E-state index contributed by atoms with van der Waals surface area (Å²) in [6.07, 6.45) is 2.05. The summed E-state index contributed by atoms with van der Waals surface area (Å²) < 4.78 is 45.3. The van der Waals surface area contributed by atoms with Crippen molar-refractivity contribution in [1.29, 1.82) is 0 Å². The van der Waals surface area contributed by atoms with Crippen molar-refractivity contribution in [2.45, 2.75) is 13.3 Å². The van der Waals surface area contributed by atoms with Gasteiger partial charge in [0, 0.05) is 11.9 Å². The van der Waals surface area contributed by atoms with Gasteiger partial charge in [0.15, 0.2) is 28.2 Å². The molecule has 3 aromatic rings. The van der Waals surface area contributed by atoms with Gasteiger partial charge in [-0.2, -0.15) is 0 Å². The van der Waals surface area contributed by atoms with E-state index in [9.17, 15) is 22.8 Å². The average molecular weight is 423 g/mol. The molecule has 0 spiro atoms. The van der Waals surface area contributed by atoms with E-state index < -0.39 is 41.5 Å². The van der Waals surface area contributed by atoms with Gasteiger partial charge >= 0.3 is 0 Å². The molecular formula is C19H16F3N3O3S. The number of benzene rings is 1. The van der Waals surface area contributed by atoms with Crippen LogP contribution in [0.15, 0.2) is 40.3 Å². The second kappa shape index (κ2) is 8.91. The van der Waals surface area contributed by atoms with Crippen LogP contribution >= 0.6 is 11.3 Å². The van der Waals surface area contributed by atoms with E-state index in [-0.39, 0.29) is 12.2 Å². The Bertz CT molecular complexity index is 1020. The highest BCUT2D eigenvalue weighted by Crippen LogP contribution is 2.25. The van der Waals surface area contributed by atoms with Crippen molar-refractivity contribution in [3.63, 3.8) is 0 Å². The van der Waals surface area contributed by atoms with Gasteiger partial charge < -0.3 is 14.6 Å². The molecule has 1 aromatic carbocycles. The van der Waals surface area contributed by atoms with Gasteiger partial charge in [0.2, 0.25) is 5.91 Å². The van der Waals surface area contributed by atoms with Crippen molar-refractivity contribution in [3.8, 4) is 10.8 Å². The van der Waals surface area contributed by atoms with Crippen molar-refractivity contribution in [1.82, 2.24) is 9.88 Å². The van der Waals surface area contributed by atoms with Crippen molar-refractivity contribution in [2.75, 3.05) is 18.4 Å². The number of hydrogen-bond acceptors (Lipinski definition) is 5. The lowest BCUT2D eigenvalue weighted by molar-refractivity contribution is -0.116. The zero-order chi connectivity index (χ0) is 21.0. The molecule has 0 saturated carbocycles. The summed E-state index contributed by atoms with van der Waals surface area (Å²) in [6, 6.07) is 5.02. The monoisotopic (exact) mass is 423 g/mol. The Morgan fingerprint density at radius 2 is 2.00 bits per heavy atom. The number of carbonyl (C=O) groups excluding carboxylic acids is 2. The molecule has 152 valence electrons. The number of hydrogen-bond donors (Lipinski definition) is 1. The Kier molecular flexibility index (Phi) is 6.32. The third-order valence-electron chi connectivity index (χ3n) is 3.88. The van der Waals surface area contributed by atoms with Gasteiger partial charge in [-0.1, -0.05) is 6.92 Å². The first-order valence-electron chi connectivity index (χ1n) is 8.62. The van der Waals surface area contributed by atoms with E-state index in [1.165, 1.54) is 22.5 Å². The van der Waals surface area contributed by atoms with Crippen molar-refractivity contribution >= 4 is 28.8 Å². The summed E-state index contributed by atoms with van der Waals surface area (Å²) in [6.45, 7) is 1.67. The molecule has 29 heavy (non-hydrogen) atoms. The van der Waals surface area contributed by atoms with E-state index in [4.69, 9.17) is 4.42 Å². The summed E-state index contributed by atoms with van der Waals surface area (Å²) in [5, 5.41) is 4.22. The zero-order valence-electron chi connectivity index (χ0n) is 15.2. The van der Waals surface area contributed by atoms with E-state index in [2.05, 4.69) is 10.3 Å². The number of nitrogens with one attached hydrogen (secondary N) is 1.